The van der Waals surface area contributed by atoms with E-state index in [0.29, 0.717) is 43.6 Å². The van der Waals surface area contributed by atoms with Crippen LogP contribution in [0.4, 0.5) is 4.79 Å². The van der Waals surface area contributed by atoms with Crippen LogP contribution in [0.5, 0.6) is 0 Å². The highest BCUT2D eigenvalue weighted by molar-refractivity contribution is 7.99. The number of nitrogens with zero attached hydrogens (tertiary/aromatic N) is 4. The van der Waals surface area contributed by atoms with E-state index in [9.17, 15) is 9.59 Å². The van der Waals surface area contributed by atoms with Gasteiger partial charge in [-0.3, -0.25) is 4.79 Å². The van der Waals surface area contributed by atoms with Crippen LogP contribution >= 0.6 is 11.8 Å². The van der Waals surface area contributed by atoms with Crippen molar-refractivity contribution in [1.29, 1.82) is 0 Å². The second-order valence-corrected chi connectivity index (χ2v) is 8.17. The first-order valence-electron chi connectivity index (χ1n) is 10.3. The zero-order valence-corrected chi connectivity index (χ0v) is 18.2. The number of ether oxygens (including phenoxy) is 1. The van der Waals surface area contributed by atoms with E-state index in [0.717, 1.165) is 16.6 Å². The Bertz CT molecular complexity index is 1070. The van der Waals surface area contributed by atoms with Crippen molar-refractivity contribution < 1.29 is 14.3 Å². The van der Waals surface area contributed by atoms with E-state index in [-0.39, 0.29) is 12.0 Å². The lowest BCUT2D eigenvalue weighted by Gasteiger charge is -2.34. The number of fused-ring (bicyclic) bond motifs is 1. The Kier molecular flexibility index (Phi) is 6.66. The Balaban J connectivity index is 1.30. The Morgan fingerprint density at radius 2 is 1.68 bits per heavy atom. The third kappa shape index (κ3) is 5.14. The molecule has 31 heavy (non-hydrogen) atoms. The van der Waals surface area contributed by atoms with Crippen LogP contribution in [0.25, 0.3) is 22.0 Å². The Morgan fingerprint density at radius 1 is 0.935 bits per heavy atom. The third-order valence-corrected chi connectivity index (χ3v) is 6.09. The summed E-state index contributed by atoms with van der Waals surface area (Å²) in [5.74, 6) is 0.331. The monoisotopic (exact) mass is 436 g/mol. The molecular formula is C23H24N4O3S. The summed E-state index contributed by atoms with van der Waals surface area (Å²) in [6, 6.07) is 18.3. The number of hydrogen-bond acceptors (Lipinski definition) is 6. The molecule has 1 aliphatic heterocycles. The molecule has 0 spiro atoms. The van der Waals surface area contributed by atoms with Gasteiger partial charge < -0.3 is 14.5 Å². The molecule has 8 heteroatoms. The van der Waals surface area contributed by atoms with E-state index in [1.165, 1.54) is 17.1 Å². The van der Waals surface area contributed by atoms with Crippen molar-refractivity contribution in [3.63, 3.8) is 0 Å². The fourth-order valence-corrected chi connectivity index (χ4v) is 4.20. The normalized spacial score (nSPS) is 14.0. The Labute approximate surface area is 185 Å². The van der Waals surface area contributed by atoms with E-state index < -0.39 is 0 Å². The predicted molar refractivity (Wildman–Crippen MR) is 121 cm³/mol. The molecule has 2 heterocycles. The summed E-state index contributed by atoms with van der Waals surface area (Å²) < 4.78 is 5.01. The minimum Gasteiger partial charge on any atom is -0.450 e. The molecule has 1 saturated heterocycles. The van der Waals surface area contributed by atoms with E-state index >= 15 is 0 Å². The van der Waals surface area contributed by atoms with Crippen LogP contribution in [-0.4, -0.2) is 70.5 Å². The maximum absolute atomic E-state index is 12.5. The molecule has 7 nitrogen and oxygen atoms in total. The van der Waals surface area contributed by atoms with Gasteiger partial charge in [0, 0.05) is 31.7 Å². The molecule has 2 aromatic carbocycles. The van der Waals surface area contributed by atoms with Crippen LogP contribution in [-0.2, 0) is 9.53 Å². The molecule has 1 aliphatic rings. The largest absolute Gasteiger partial charge is 0.450 e. The standard InChI is InChI=1S/C23H24N4O3S/c1-2-30-23(29)27-13-11-26(12-14-27)22(28)16-31-21-10-9-20(24-25-21)19-8-7-17-5-3-4-6-18(17)15-19/h3-10,15H,2,11-14,16H2,1H3. The van der Waals surface area contributed by atoms with E-state index in [1.807, 2.05) is 30.3 Å². The number of carbonyl (C=O) groups is 2. The van der Waals surface area contributed by atoms with Gasteiger partial charge >= 0.3 is 6.09 Å². The summed E-state index contributed by atoms with van der Waals surface area (Å²) in [6.45, 7) is 4.17. The number of amides is 2. The van der Waals surface area contributed by atoms with Gasteiger partial charge in [-0.1, -0.05) is 48.2 Å². The van der Waals surface area contributed by atoms with Crippen molar-refractivity contribution in [2.24, 2.45) is 0 Å². The van der Waals surface area contributed by atoms with Crippen LogP contribution in [0.3, 0.4) is 0 Å². The molecule has 0 aliphatic carbocycles. The van der Waals surface area contributed by atoms with Crippen molar-refractivity contribution in [3.05, 3.63) is 54.6 Å². The van der Waals surface area contributed by atoms with Crippen LogP contribution in [0.1, 0.15) is 6.92 Å². The zero-order valence-electron chi connectivity index (χ0n) is 17.4. The number of aromatic nitrogens is 2. The van der Waals surface area contributed by atoms with E-state index in [2.05, 4.69) is 34.5 Å². The predicted octanol–water partition coefficient (Wildman–Crippen LogP) is 3.69. The lowest BCUT2D eigenvalue weighted by Crippen LogP contribution is -2.51. The first-order valence-corrected chi connectivity index (χ1v) is 11.3. The van der Waals surface area contributed by atoms with Gasteiger partial charge in [-0.25, -0.2) is 4.79 Å². The summed E-state index contributed by atoms with van der Waals surface area (Å²) >= 11 is 1.37. The molecule has 3 aromatic rings. The number of hydrogen-bond donors (Lipinski definition) is 0. The molecule has 1 fully saturated rings. The number of rotatable bonds is 5. The van der Waals surface area contributed by atoms with Crippen molar-refractivity contribution in [3.8, 4) is 11.3 Å². The second-order valence-electron chi connectivity index (χ2n) is 7.17. The highest BCUT2D eigenvalue weighted by Crippen LogP contribution is 2.24. The molecule has 0 bridgehead atoms. The molecule has 0 radical (unpaired) electrons. The number of piperazine rings is 1. The minimum absolute atomic E-state index is 0.0360. The van der Waals surface area contributed by atoms with Gasteiger partial charge in [-0.15, -0.1) is 10.2 Å². The highest BCUT2D eigenvalue weighted by Gasteiger charge is 2.24. The first-order chi connectivity index (χ1) is 15.1. The van der Waals surface area contributed by atoms with Gasteiger partial charge in [0.25, 0.3) is 0 Å². The molecule has 4 rings (SSSR count). The van der Waals surface area contributed by atoms with E-state index in [1.54, 1.807) is 16.7 Å². The van der Waals surface area contributed by atoms with Gasteiger partial charge in [-0.2, -0.15) is 0 Å². The molecule has 160 valence electrons. The Morgan fingerprint density at radius 3 is 2.39 bits per heavy atom. The molecule has 0 saturated carbocycles. The lowest BCUT2D eigenvalue weighted by atomic mass is 10.1. The number of carbonyl (C=O) groups excluding carboxylic acids is 2. The third-order valence-electron chi connectivity index (χ3n) is 5.19. The fourth-order valence-electron chi connectivity index (χ4n) is 3.48. The molecule has 0 N–H and O–H groups in total. The van der Waals surface area contributed by atoms with Crippen LogP contribution in [0.15, 0.2) is 59.6 Å². The summed E-state index contributed by atoms with van der Waals surface area (Å²) in [7, 11) is 0. The van der Waals surface area contributed by atoms with Gasteiger partial charge in [0.2, 0.25) is 5.91 Å². The maximum Gasteiger partial charge on any atom is 0.409 e. The zero-order chi connectivity index (χ0) is 21.6. The van der Waals surface area contributed by atoms with Crippen molar-refractivity contribution in [2.45, 2.75) is 11.9 Å². The summed E-state index contributed by atoms with van der Waals surface area (Å²) in [5.41, 5.74) is 1.81. The van der Waals surface area contributed by atoms with Gasteiger partial charge in [0.1, 0.15) is 5.03 Å². The fraction of sp³-hybridized carbons (Fsp3) is 0.304. The quantitative estimate of drug-likeness (QED) is 0.568. The molecular weight excluding hydrogens is 412 g/mol. The average Bonchev–Trinajstić information content (AvgIpc) is 2.83. The molecule has 0 atom stereocenters. The van der Waals surface area contributed by atoms with Crippen molar-refractivity contribution in [1.82, 2.24) is 20.0 Å². The number of benzene rings is 2. The van der Waals surface area contributed by atoms with E-state index in [4.69, 9.17) is 4.74 Å². The summed E-state index contributed by atoms with van der Waals surface area (Å²) in [5, 5.41) is 11.7. The topological polar surface area (TPSA) is 75.6 Å². The van der Waals surface area contributed by atoms with Gasteiger partial charge in [0.15, 0.2) is 0 Å². The second kappa shape index (κ2) is 9.78. The number of thioether (sulfide) groups is 1. The maximum atomic E-state index is 12.5. The molecule has 2 amide bonds. The van der Waals surface area contributed by atoms with Gasteiger partial charge in [-0.05, 0) is 35.9 Å². The van der Waals surface area contributed by atoms with Crippen LogP contribution in [0.2, 0.25) is 0 Å². The SMILES string of the molecule is CCOC(=O)N1CCN(C(=O)CSc2ccc(-c3ccc4ccccc4c3)nn2)CC1. The summed E-state index contributed by atoms with van der Waals surface area (Å²) in [6.07, 6.45) is -0.314. The molecule has 0 unspecified atom stereocenters. The van der Waals surface area contributed by atoms with Crippen molar-refractivity contribution in [2.75, 3.05) is 38.5 Å². The lowest BCUT2D eigenvalue weighted by molar-refractivity contribution is -0.129. The average molecular weight is 437 g/mol. The Hall–Kier alpha value is -3.13. The minimum atomic E-state index is -0.314. The molecule has 1 aromatic heterocycles. The highest BCUT2D eigenvalue weighted by atomic mass is 32.2. The smallest absolute Gasteiger partial charge is 0.409 e. The van der Waals surface area contributed by atoms with Gasteiger partial charge in [0.05, 0.1) is 18.1 Å². The summed E-state index contributed by atoms with van der Waals surface area (Å²) in [4.78, 5) is 27.7. The van der Waals surface area contributed by atoms with Crippen LogP contribution < -0.4 is 0 Å². The van der Waals surface area contributed by atoms with Crippen LogP contribution in [0, 0.1) is 0 Å². The first kappa shape index (κ1) is 21.1. The van der Waals surface area contributed by atoms with Crippen molar-refractivity contribution >= 4 is 34.5 Å².